The van der Waals surface area contributed by atoms with Crippen LogP contribution in [0.25, 0.3) is 0 Å². The number of nitrogens with zero attached hydrogens (tertiary/aromatic N) is 2. The molecule has 8 nitrogen and oxygen atoms in total. The second-order valence-electron chi connectivity index (χ2n) is 3.77. The van der Waals surface area contributed by atoms with E-state index in [1.807, 2.05) is 0 Å². The standard InChI is InChI=1S/C11H8FN3O5/c12-7-1-3-10(14(16)17)9(5-7)13-6-8-2-4-11(20-8)15(18)19/h1-5,13H,6H2. The highest BCUT2D eigenvalue weighted by Gasteiger charge is 2.16. The Morgan fingerprint density at radius 3 is 2.50 bits per heavy atom. The zero-order valence-corrected chi connectivity index (χ0v) is 9.91. The first-order chi connectivity index (χ1) is 9.47. The van der Waals surface area contributed by atoms with E-state index in [0.29, 0.717) is 0 Å². The van der Waals surface area contributed by atoms with Crippen LogP contribution >= 0.6 is 0 Å². The van der Waals surface area contributed by atoms with Gasteiger partial charge in [0.05, 0.1) is 17.5 Å². The number of hydrogen-bond acceptors (Lipinski definition) is 6. The zero-order chi connectivity index (χ0) is 14.7. The van der Waals surface area contributed by atoms with Crippen molar-refractivity contribution < 1.29 is 18.7 Å². The van der Waals surface area contributed by atoms with Crippen molar-refractivity contribution in [3.8, 4) is 0 Å². The predicted molar refractivity (Wildman–Crippen MR) is 65.7 cm³/mol. The summed E-state index contributed by atoms with van der Waals surface area (Å²) in [5.74, 6) is -0.866. The number of nitrogens with one attached hydrogen (secondary N) is 1. The first-order valence-corrected chi connectivity index (χ1v) is 5.38. The van der Waals surface area contributed by atoms with Crippen LogP contribution in [0, 0.1) is 26.0 Å². The Labute approximate surface area is 111 Å². The molecule has 104 valence electrons. The van der Waals surface area contributed by atoms with Crippen LogP contribution in [0.2, 0.25) is 0 Å². The monoisotopic (exact) mass is 281 g/mol. The molecule has 0 aliphatic heterocycles. The van der Waals surface area contributed by atoms with Crippen molar-refractivity contribution >= 4 is 17.3 Å². The Balaban J connectivity index is 2.15. The number of furan rings is 1. The van der Waals surface area contributed by atoms with Crippen LogP contribution in [0.15, 0.2) is 34.7 Å². The average Bonchev–Trinajstić information content (AvgIpc) is 2.85. The van der Waals surface area contributed by atoms with E-state index >= 15 is 0 Å². The zero-order valence-electron chi connectivity index (χ0n) is 9.91. The van der Waals surface area contributed by atoms with Crippen molar-refractivity contribution in [1.82, 2.24) is 0 Å². The van der Waals surface area contributed by atoms with Crippen molar-refractivity contribution in [2.75, 3.05) is 5.32 Å². The van der Waals surface area contributed by atoms with Gasteiger partial charge in [-0.2, -0.15) is 0 Å². The SMILES string of the molecule is O=[N+]([O-])c1ccc(CNc2cc(F)ccc2[N+](=O)[O-])o1. The molecule has 0 saturated heterocycles. The number of benzene rings is 1. The molecule has 0 atom stereocenters. The van der Waals surface area contributed by atoms with E-state index in [0.717, 1.165) is 24.3 Å². The summed E-state index contributed by atoms with van der Waals surface area (Å²) in [6.45, 7) is -0.0435. The van der Waals surface area contributed by atoms with Gasteiger partial charge in [0.15, 0.2) is 0 Å². The number of nitro groups is 2. The van der Waals surface area contributed by atoms with Crippen LogP contribution in [0.1, 0.15) is 5.76 Å². The number of anilines is 1. The van der Waals surface area contributed by atoms with E-state index in [-0.39, 0.29) is 23.7 Å². The van der Waals surface area contributed by atoms with E-state index in [4.69, 9.17) is 4.42 Å². The van der Waals surface area contributed by atoms with Crippen LogP contribution < -0.4 is 5.32 Å². The maximum atomic E-state index is 13.1. The molecular formula is C11H8FN3O5. The van der Waals surface area contributed by atoms with Gasteiger partial charge >= 0.3 is 5.88 Å². The Hall–Kier alpha value is -2.97. The largest absolute Gasteiger partial charge is 0.433 e. The molecule has 1 aromatic carbocycles. The molecule has 0 fully saturated rings. The third-order valence-electron chi connectivity index (χ3n) is 2.44. The van der Waals surface area contributed by atoms with Gasteiger partial charge in [-0.1, -0.05) is 0 Å². The summed E-state index contributed by atoms with van der Waals surface area (Å²) in [5.41, 5.74) is -0.332. The molecule has 0 saturated carbocycles. The van der Waals surface area contributed by atoms with Crippen molar-refractivity contribution in [3.05, 3.63) is 62.1 Å². The van der Waals surface area contributed by atoms with Crippen molar-refractivity contribution in [2.24, 2.45) is 0 Å². The Kier molecular flexibility index (Phi) is 3.60. The van der Waals surface area contributed by atoms with Gasteiger partial charge in [-0.25, -0.2) is 4.39 Å². The predicted octanol–water partition coefficient (Wildman–Crippen LogP) is 2.85. The highest BCUT2D eigenvalue weighted by atomic mass is 19.1. The first-order valence-electron chi connectivity index (χ1n) is 5.38. The van der Waals surface area contributed by atoms with Crippen LogP contribution in [-0.2, 0) is 6.54 Å². The number of rotatable bonds is 5. The van der Waals surface area contributed by atoms with Crippen LogP contribution in [-0.4, -0.2) is 9.85 Å². The molecule has 0 aliphatic rings. The third kappa shape index (κ3) is 2.88. The van der Waals surface area contributed by atoms with Crippen LogP contribution in [0.3, 0.4) is 0 Å². The molecule has 0 bridgehead atoms. The van der Waals surface area contributed by atoms with Gasteiger partial charge in [0.25, 0.3) is 5.69 Å². The normalized spacial score (nSPS) is 10.2. The molecule has 0 aliphatic carbocycles. The van der Waals surface area contributed by atoms with E-state index in [1.54, 1.807) is 0 Å². The lowest BCUT2D eigenvalue weighted by atomic mass is 10.2. The maximum Gasteiger partial charge on any atom is 0.433 e. The molecule has 0 spiro atoms. The first kappa shape index (κ1) is 13.5. The molecule has 0 unspecified atom stereocenters. The minimum atomic E-state index is -0.700. The van der Waals surface area contributed by atoms with Gasteiger partial charge in [-0.05, 0) is 12.1 Å². The third-order valence-corrected chi connectivity index (χ3v) is 2.44. The molecule has 20 heavy (non-hydrogen) atoms. The van der Waals surface area contributed by atoms with Gasteiger partial charge in [0.1, 0.15) is 22.2 Å². The van der Waals surface area contributed by atoms with Gasteiger partial charge in [0.2, 0.25) is 0 Å². The van der Waals surface area contributed by atoms with Crippen LogP contribution in [0.4, 0.5) is 21.6 Å². The highest BCUT2D eigenvalue weighted by Crippen LogP contribution is 2.26. The number of hydrogen-bond donors (Lipinski definition) is 1. The Bertz CT molecular complexity index is 670. The van der Waals surface area contributed by atoms with Crippen LogP contribution in [0.5, 0.6) is 0 Å². The van der Waals surface area contributed by atoms with Gasteiger partial charge in [-0.15, -0.1) is 0 Å². The lowest BCUT2D eigenvalue weighted by Gasteiger charge is -2.05. The summed E-state index contributed by atoms with van der Waals surface area (Å²) in [7, 11) is 0. The highest BCUT2D eigenvalue weighted by molar-refractivity contribution is 5.61. The Morgan fingerprint density at radius 2 is 1.90 bits per heavy atom. The molecule has 0 amide bonds. The molecule has 2 rings (SSSR count). The summed E-state index contributed by atoms with van der Waals surface area (Å²) in [4.78, 5) is 19.8. The molecular weight excluding hydrogens is 273 g/mol. The molecule has 1 aromatic heterocycles. The lowest BCUT2D eigenvalue weighted by molar-refractivity contribution is -0.402. The minimum absolute atomic E-state index is 0.0333. The summed E-state index contributed by atoms with van der Waals surface area (Å²) in [6, 6.07) is 5.49. The van der Waals surface area contributed by atoms with E-state index in [1.165, 1.54) is 6.07 Å². The summed E-state index contributed by atoms with van der Waals surface area (Å²) in [5, 5.41) is 23.8. The lowest BCUT2D eigenvalue weighted by Crippen LogP contribution is -2.02. The maximum absolute atomic E-state index is 13.1. The quantitative estimate of drug-likeness (QED) is 0.666. The molecule has 0 radical (unpaired) electrons. The van der Waals surface area contributed by atoms with E-state index < -0.39 is 21.5 Å². The second kappa shape index (κ2) is 5.34. The van der Waals surface area contributed by atoms with E-state index in [9.17, 15) is 24.6 Å². The van der Waals surface area contributed by atoms with E-state index in [2.05, 4.69) is 5.32 Å². The average molecular weight is 281 g/mol. The van der Waals surface area contributed by atoms with Crippen molar-refractivity contribution in [2.45, 2.75) is 6.54 Å². The van der Waals surface area contributed by atoms with Crippen molar-refractivity contribution in [3.63, 3.8) is 0 Å². The van der Waals surface area contributed by atoms with Gasteiger partial charge in [0, 0.05) is 12.1 Å². The topological polar surface area (TPSA) is 111 Å². The fourth-order valence-electron chi connectivity index (χ4n) is 1.55. The summed E-state index contributed by atoms with van der Waals surface area (Å²) >= 11 is 0. The Morgan fingerprint density at radius 1 is 1.15 bits per heavy atom. The summed E-state index contributed by atoms with van der Waals surface area (Å²) in [6.07, 6.45) is 0. The second-order valence-corrected chi connectivity index (χ2v) is 3.77. The van der Waals surface area contributed by atoms with Crippen molar-refractivity contribution in [1.29, 1.82) is 0 Å². The number of halogens is 1. The smallest absolute Gasteiger partial charge is 0.404 e. The fourth-order valence-corrected chi connectivity index (χ4v) is 1.55. The molecule has 1 heterocycles. The summed E-state index contributed by atoms with van der Waals surface area (Å²) < 4.78 is 17.9. The fraction of sp³-hybridized carbons (Fsp3) is 0.0909. The van der Waals surface area contributed by atoms with Gasteiger partial charge in [-0.3, -0.25) is 20.2 Å². The molecule has 2 aromatic rings. The number of nitro benzene ring substituents is 1. The minimum Gasteiger partial charge on any atom is -0.404 e. The molecule has 1 N–H and O–H groups in total. The van der Waals surface area contributed by atoms with Gasteiger partial charge < -0.3 is 9.73 Å². The molecule has 9 heteroatoms.